The number of carbonyl (C=O) groups is 2. The Kier molecular flexibility index (Phi) is 5.03. The van der Waals surface area contributed by atoms with Crippen molar-refractivity contribution in [1.29, 1.82) is 0 Å². The molecule has 0 bridgehead atoms. The highest BCUT2D eigenvalue weighted by Gasteiger charge is 2.23. The minimum Gasteiger partial charge on any atom is -0.480 e. The Morgan fingerprint density at radius 3 is 2.82 bits per heavy atom. The molecule has 0 saturated carbocycles. The molecule has 2 aromatic rings. The number of carboxylic acid groups (broad SMARTS) is 1. The lowest BCUT2D eigenvalue weighted by Gasteiger charge is -2.14. The van der Waals surface area contributed by atoms with Crippen LogP contribution in [0.4, 0.5) is 0 Å². The Bertz CT molecular complexity index is 711. The van der Waals surface area contributed by atoms with Crippen LogP contribution in [0.5, 0.6) is 0 Å². The number of rotatable bonds is 6. The van der Waals surface area contributed by atoms with E-state index in [9.17, 15) is 14.7 Å². The van der Waals surface area contributed by atoms with Gasteiger partial charge in [-0.15, -0.1) is 0 Å². The van der Waals surface area contributed by atoms with E-state index in [0.29, 0.717) is 28.5 Å². The second kappa shape index (κ2) is 6.79. The Morgan fingerprint density at radius 1 is 1.45 bits per heavy atom. The van der Waals surface area contributed by atoms with Crippen molar-refractivity contribution in [3.05, 3.63) is 34.7 Å². The summed E-state index contributed by atoms with van der Waals surface area (Å²) in [6.45, 7) is 3.68. The maximum absolute atomic E-state index is 12.5. The first-order valence-electron chi connectivity index (χ1n) is 7.12. The van der Waals surface area contributed by atoms with Crippen LogP contribution in [0.2, 0.25) is 5.02 Å². The number of carboxylic acids is 1. The highest BCUT2D eigenvalue weighted by molar-refractivity contribution is 6.30. The first kappa shape index (κ1) is 16.3. The Hall–Kier alpha value is -2.08. The summed E-state index contributed by atoms with van der Waals surface area (Å²) >= 11 is 5.95. The molecule has 1 amide bonds. The third-order valence-electron chi connectivity index (χ3n) is 3.42. The first-order chi connectivity index (χ1) is 10.4. The fraction of sp³-hybridized carbons (Fsp3) is 0.400. The van der Waals surface area contributed by atoms with Gasteiger partial charge in [-0.2, -0.15) is 0 Å². The number of nitrogens with one attached hydrogen (secondary N) is 1. The van der Waals surface area contributed by atoms with Gasteiger partial charge in [-0.25, -0.2) is 9.78 Å². The van der Waals surface area contributed by atoms with Crippen LogP contribution in [0.3, 0.4) is 0 Å². The van der Waals surface area contributed by atoms with Crippen molar-refractivity contribution in [1.82, 2.24) is 14.7 Å². The van der Waals surface area contributed by atoms with Crippen LogP contribution in [-0.4, -0.2) is 32.4 Å². The standard InChI is InChI=1S/C15H18ClN3O3/c1-3-4-5-11(15(21)22)18-14(20)13-9(2)17-12-7-6-10(16)8-19(12)13/h6-8,11H,3-5H2,1-2H3,(H,18,20)(H,21,22). The van der Waals surface area contributed by atoms with Crippen LogP contribution in [0.15, 0.2) is 18.3 Å². The number of nitrogens with zero attached hydrogens (tertiary/aromatic N) is 2. The molecule has 0 aliphatic heterocycles. The number of hydrogen-bond acceptors (Lipinski definition) is 3. The molecule has 6 nitrogen and oxygen atoms in total. The van der Waals surface area contributed by atoms with E-state index in [1.165, 1.54) is 0 Å². The number of halogens is 1. The lowest BCUT2D eigenvalue weighted by molar-refractivity contribution is -0.139. The van der Waals surface area contributed by atoms with Gasteiger partial charge in [0.15, 0.2) is 0 Å². The van der Waals surface area contributed by atoms with Gasteiger partial charge in [-0.05, 0) is 25.5 Å². The monoisotopic (exact) mass is 323 g/mol. The number of pyridine rings is 1. The highest BCUT2D eigenvalue weighted by Crippen LogP contribution is 2.16. The summed E-state index contributed by atoms with van der Waals surface area (Å²) in [5.41, 5.74) is 1.42. The number of amides is 1. The largest absolute Gasteiger partial charge is 0.480 e. The van der Waals surface area contributed by atoms with Gasteiger partial charge in [-0.1, -0.05) is 31.4 Å². The third kappa shape index (κ3) is 3.39. The molecular formula is C15H18ClN3O3. The number of carbonyl (C=O) groups excluding carboxylic acids is 1. The topological polar surface area (TPSA) is 83.7 Å². The average molecular weight is 324 g/mol. The molecule has 118 valence electrons. The van der Waals surface area contributed by atoms with Gasteiger partial charge in [0, 0.05) is 6.20 Å². The normalized spacial score (nSPS) is 12.3. The van der Waals surface area contributed by atoms with Crippen molar-refractivity contribution >= 4 is 29.1 Å². The van der Waals surface area contributed by atoms with E-state index in [-0.39, 0.29) is 0 Å². The Labute approximate surface area is 133 Å². The highest BCUT2D eigenvalue weighted by atomic mass is 35.5. The molecule has 0 spiro atoms. The number of aliphatic carboxylic acids is 1. The molecule has 2 heterocycles. The Morgan fingerprint density at radius 2 is 2.18 bits per heavy atom. The van der Waals surface area contributed by atoms with Crippen LogP contribution in [0, 0.1) is 6.92 Å². The van der Waals surface area contributed by atoms with E-state index in [1.807, 2.05) is 6.92 Å². The lowest BCUT2D eigenvalue weighted by Crippen LogP contribution is -2.41. The molecule has 1 unspecified atom stereocenters. The van der Waals surface area contributed by atoms with Gasteiger partial charge in [0.2, 0.25) is 0 Å². The van der Waals surface area contributed by atoms with E-state index in [0.717, 1.165) is 12.8 Å². The summed E-state index contributed by atoms with van der Waals surface area (Å²) in [6.07, 6.45) is 3.58. The van der Waals surface area contributed by atoms with Crippen LogP contribution in [-0.2, 0) is 4.79 Å². The summed E-state index contributed by atoms with van der Waals surface area (Å²) in [6, 6.07) is 2.49. The van der Waals surface area contributed by atoms with Gasteiger partial charge < -0.3 is 10.4 Å². The smallest absolute Gasteiger partial charge is 0.326 e. The molecule has 22 heavy (non-hydrogen) atoms. The summed E-state index contributed by atoms with van der Waals surface area (Å²) in [5.74, 6) is -1.50. The van der Waals surface area contributed by atoms with E-state index in [1.54, 1.807) is 29.7 Å². The van der Waals surface area contributed by atoms with Crippen molar-refractivity contribution < 1.29 is 14.7 Å². The molecule has 2 rings (SSSR count). The fourth-order valence-electron chi connectivity index (χ4n) is 2.30. The second-order valence-corrected chi connectivity index (χ2v) is 5.56. The number of aryl methyl sites for hydroxylation is 1. The molecule has 7 heteroatoms. The molecule has 0 saturated heterocycles. The maximum Gasteiger partial charge on any atom is 0.326 e. The van der Waals surface area contributed by atoms with Gasteiger partial charge in [0.05, 0.1) is 10.7 Å². The second-order valence-electron chi connectivity index (χ2n) is 5.13. The lowest BCUT2D eigenvalue weighted by atomic mass is 10.1. The van der Waals surface area contributed by atoms with Gasteiger partial charge >= 0.3 is 5.97 Å². The minimum absolute atomic E-state index is 0.306. The minimum atomic E-state index is -1.04. The maximum atomic E-state index is 12.5. The number of fused-ring (bicyclic) bond motifs is 1. The van der Waals surface area contributed by atoms with E-state index >= 15 is 0 Å². The Balaban J connectivity index is 2.30. The SMILES string of the molecule is CCCCC(NC(=O)c1c(C)nc2ccc(Cl)cn12)C(=O)O. The van der Waals surface area contributed by atoms with Crippen molar-refractivity contribution in [2.45, 2.75) is 39.2 Å². The summed E-state index contributed by atoms with van der Waals surface area (Å²) in [5, 5.41) is 12.3. The van der Waals surface area contributed by atoms with E-state index in [2.05, 4.69) is 10.3 Å². The van der Waals surface area contributed by atoms with E-state index in [4.69, 9.17) is 11.6 Å². The predicted molar refractivity (Wildman–Crippen MR) is 83.4 cm³/mol. The van der Waals surface area contributed by atoms with Gasteiger partial charge in [0.1, 0.15) is 17.4 Å². The van der Waals surface area contributed by atoms with Crippen molar-refractivity contribution in [2.24, 2.45) is 0 Å². The first-order valence-corrected chi connectivity index (χ1v) is 7.49. The number of aromatic nitrogens is 2. The zero-order valence-corrected chi connectivity index (χ0v) is 13.2. The molecule has 0 fully saturated rings. The fourth-order valence-corrected chi connectivity index (χ4v) is 2.46. The molecule has 0 aliphatic carbocycles. The molecule has 2 N–H and O–H groups in total. The zero-order chi connectivity index (χ0) is 16.3. The summed E-state index contributed by atoms with van der Waals surface area (Å²) in [4.78, 5) is 28.0. The summed E-state index contributed by atoms with van der Waals surface area (Å²) < 4.78 is 1.58. The molecule has 0 radical (unpaired) electrons. The van der Waals surface area contributed by atoms with Crippen LogP contribution in [0.25, 0.3) is 5.65 Å². The van der Waals surface area contributed by atoms with Gasteiger partial charge in [0.25, 0.3) is 5.91 Å². The van der Waals surface area contributed by atoms with Gasteiger partial charge in [-0.3, -0.25) is 9.20 Å². The number of imidazole rings is 1. The summed E-state index contributed by atoms with van der Waals surface area (Å²) in [7, 11) is 0. The molecule has 0 aromatic carbocycles. The average Bonchev–Trinajstić information content (AvgIpc) is 2.78. The zero-order valence-electron chi connectivity index (χ0n) is 12.5. The molecule has 0 aliphatic rings. The molecule has 1 atom stereocenters. The van der Waals surface area contributed by atoms with Crippen molar-refractivity contribution in [3.8, 4) is 0 Å². The third-order valence-corrected chi connectivity index (χ3v) is 3.65. The molecular weight excluding hydrogens is 306 g/mol. The van der Waals surface area contributed by atoms with E-state index < -0.39 is 17.9 Å². The van der Waals surface area contributed by atoms with Crippen molar-refractivity contribution in [2.75, 3.05) is 0 Å². The predicted octanol–water partition coefficient (Wildman–Crippen LogP) is 2.67. The van der Waals surface area contributed by atoms with Crippen LogP contribution in [0.1, 0.15) is 42.4 Å². The van der Waals surface area contributed by atoms with Crippen molar-refractivity contribution in [3.63, 3.8) is 0 Å². The quantitative estimate of drug-likeness (QED) is 0.856. The van der Waals surface area contributed by atoms with Crippen LogP contribution >= 0.6 is 11.6 Å². The number of hydrogen-bond donors (Lipinski definition) is 2. The molecule has 2 aromatic heterocycles. The number of unbranched alkanes of at least 4 members (excludes halogenated alkanes) is 1. The van der Waals surface area contributed by atoms with Crippen LogP contribution < -0.4 is 5.32 Å².